The molecule has 0 unspecified atom stereocenters. The number of ether oxygens (including phenoxy) is 1. The molecule has 138 valence electrons. The lowest BCUT2D eigenvalue weighted by molar-refractivity contribution is -0.186. The zero-order valence-electron chi connectivity index (χ0n) is 13.5. The minimum atomic E-state index is -4.84. The second kappa shape index (κ2) is 7.95. The molecule has 1 N–H and O–H groups in total. The maximum atomic E-state index is 12.4. The van der Waals surface area contributed by atoms with Crippen LogP contribution in [0.4, 0.5) is 13.2 Å². The van der Waals surface area contributed by atoms with Crippen molar-refractivity contribution in [2.24, 2.45) is 5.92 Å². The van der Waals surface area contributed by atoms with E-state index in [0.29, 0.717) is 35.7 Å². The van der Waals surface area contributed by atoms with Gasteiger partial charge in [-0.05, 0) is 37.0 Å². The van der Waals surface area contributed by atoms with Gasteiger partial charge in [0.2, 0.25) is 0 Å². The number of hydrogen-bond acceptors (Lipinski definition) is 3. The van der Waals surface area contributed by atoms with Gasteiger partial charge in [0.05, 0.1) is 12.7 Å². The molecule has 0 bridgehead atoms. The van der Waals surface area contributed by atoms with E-state index in [1.165, 1.54) is 13.2 Å². The number of piperidine rings is 1. The van der Waals surface area contributed by atoms with Gasteiger partial charge in [-0.15, -0.1) is 0 Å². The van der Waals surface area contributed by atoms with E-state index in [0.717, 1.165) is 4.90 Å². The Morgan fingerprint density at radius 2 is 1.96 bits per heavy atom. The molecule has 0 aliphatic carbocycles. The van der Waals surface area contributed by atoms with E-state index in [2.05, 4.69) is 5.32 Å². The van der Waals surface area contributed by atoms with Gasteiger partial charge in [-0.25, -0.2) is 0 Å². The molecule has 9 heteroatoms. The van der Waals surface area contributed by atoms with Gasteiger partial charge in [0.25, 0.3) is 5.91 Å². The summed E-state index contributed by atoms with van der Waals surface area (Å²) in [6.07, 6.45) is -4.05. The highest BCUT2D eigenvalue weighted by Crippen LogP contribution is 2.25. The number of alkyl halides is 3. The Morgan fingerprint density at radius 3 is 2.52 bits per heavy atom. The molecule has 1 heterocycles. The SMILES string of the molecule is COc1ccc(Cl)cc1C(=O)NCC1CCN(C(=O)C(F)(F)F)CC1. The van der Waals surface area contributed by atoms with Crippen LogP contribution in [0.3, 0.4) is 0 Å². The summed E-state index contributed by atoms with van der Waals surface area (Å²) in [4.78, 5) is 24.2. The second-order valence-electron chi connectivity index (χ2n) is 5.79. The van der Waals surface area contributed by atoms with Crippen molar-refractivity contribution in [2.75, 3.05) is 26.7 Å². The van der Waals surface area contributed by atoms with E-state index in [-0.39, 0.29) is 24.9 Å². The molecular formula is C16H18ClF3N2O3. The average Bonchev–Trinajstić information content (AvgIpc) is 2.58. The number of halogens is 4. The van der Waals surface area contributed by atoms with Crippen LogP contribution < -0.4 is 10.1 Å². The molecule has 1 aromatic carbocycles. The molecule has 2 rings (SSSR count). The zero-order chi connectivity index (χ0) is 18.6. The Kier molecular flexibility index (Phi) is 6.16. The van der Waals surface area contributed by atoms with Crippen molar-refractivity contribution in [2.45, 2.75) is 19.0 Å². The first-order valence-corrected chi connectivity index (χ1v) is 8.08. The highest BCUT2D eigenvalue weighted by atomic mass is 35.5. The fraction of sp³-hybridized carbons (Fsp3) is 0.500. The number of nitrogens with zero attached hydrogens (tertiary/aromatic N) is 1. The van der Waals surface area contributed by atoms with Crippen LogP contribution in [0.2, 0.25) is 5.02 Å². The number of benzene rings is 1. The van der Waals surface area contributed by atoms with Crippen molar-refractivity contribution in [1.82, 2.24) is 10.2 Å². The highest BCUT2D eigenvalue weighted by molar-refractivity contribution is 6.31. The fourth-order valence-corrected chi connectivity index (χ4v) is 2.88. The molecule has 25 heavy (non-hydrogen) atoms. The first-order chi connectivity index (χ1) is 11.7. The van der Waals surface area contributed by atoms with Crippen molar-refractivity contribution in [3.63, 3.8) is 0 Å². The van der Waals surface area contributed by atoms with Gasteiger partial charge in [0.15, 0.2) is 0 Å². The van der Waals surface area contributed by atoms with Crippen molar-refractivity contribution in [3.05, 3.63) is 28.8 Å². The minimum Gasteiger partial charge on any atom is -0.496 e. The lowest BCUT2D eigenvalue weighted by Crippen LogP contribution is -2.46. The van der Waals surface area contributed by atoms with E-state index in [9.17, 15) is 22.8 Å². The predicted octanol–water partition coefficient (Wildman–Crippen LogP) is 2.88. The van der Waals surface area contributed by atoms with E-state index < -0.39 is 12.1 Å². The van der Waals surface area contributed by atoms with E-state index in [4.69, 9.17) is 16.3 Å². The molecule has 1 saturated heterocycles. The molecule has 0 atom stereocenters. The summed E-state index contributed by atoms with van der Waals surface area (Å²) in [5.41, 5.74) is 0.291. The standard InChI is InChI=1S/C16H18ClF3N2O3/c1-25-13-3-2-11(17)8-12(13)14(23)21-9-10-4-6-22(7-5-10)15(24)16(18,19)20/h2-3,8,10H,4-7,9H2,1H3,(H,21,23). The highest BCUT2D eigenvalue weighted by Gasteiger charge is 2.43. The van der Waals surface area contributed by atoms with E-state index in [1.54, 1.807) is 12.1 Å². The van der Waals surface area contributed by atoms with Gasteiger partial charge in [-0.1, -0.05) is 11.6 Å². The first-order valence-electron chi connectivity index (χ1n) is 7.70. The maximum Gasteiger partial charge on any atom is 0.471 e. The number of amides is 2. The van der Waals surface area contributed by atoms with Crippen LogP contribution in [-0.4, -0.2) is 49.6 Å². The van der Waals surface area contributed by atoms with Crippen molar-refractivity contribution >= 4 is 23.4 Å². The van der Waals surface area contributed by atoms with E-state index in [1.807, 2.05) is 0 Å². The summed E-state index contributed by atoms with van der Waals surface area (Å²) in [6.45, 7) is 0.362. The van der Waals surface area contributed by atoms with E-state index >= 15 is 0 Å². The average molecular weight is 379 g/mol. The van der Waals surface area contributed by atoms with Crippen LogP contribution in [0.5, 0.6) is 5.75 Å². The second-order valence-corrected chi connectivity index (χ2v) is 6.22. The lowest BCUT2D eigenvalue weighted by atomic mass is 9.96. The number of likely N-dealkylation sites (tertiary alicyclic amines) is 1. The van der Waals surface area contributed by atoms with Crippen LogP contribution in [-0.2, 0) is 4.79 Å². The fourth-order valence-electron chi connectivity index (χ4n) is 2.71. The zero-order valence-corrected chi connectivity index (χ0v) is 14.3. The molecule has 1 aliphatic heterocycles. The summed E-state index contributed by atoms with van der Waals surface area (Å²) in [7, 11) is 1.44. The molecule has 1 fully saturated rings. The van der Waals surface area contributed by atoms with Gasteiger partial charge in [-0.2, -0.15) is 13.2 Å². The monoisotopic (exact) mass is 378 g/mol. The largest absolute Gasteiger partial charge is 0.496 e. The summed E-state index contributed by atoms with van der Waals surface area (Å²) in [6, 6.07) is 4.67. The van der Waals surface area contributed by atoms with Gasteiger partial charge in [-0.3, -0.25) is 9.59 Å². The van der Waals surface area contributed by atoms with Crippen LogP contribution >= 0.6 is 11.6 Å². The lowest BCUT2D eigenvalue weighted by Gasteiger charge is -2.32. The third kappa shape index (κ3) is 5.01. The normalized spacial score (nSPS) is 15.8. The minimum absolute atomic E-state index is 0.00594. The summed E-state index contributed by atoms with van der Waals surface area (Å²) >= 11 is 5.88. The Hall–Kier alpha value is -1.96. The molecule has 0 saturated carbocycles. The molecule has 1 aliphatic rings. The van der Waals surface area contributed by atoms with Crippen molar-refractivity contribution in [3.8, 4) is 5.75 Å². The smallest absolute Gasteiger partial charge is 0.471 e. The Bertz CT molecular complexity index is 644. The van der Waals surface area contributed by atoms with Gasteiger partial charge >= 0.3 is 12.1 Å². The molecule has 1 aromatic rings. The molecular weight excluding hydrogens is 361 g/mol. The topological polar surface area (TPSA) is 58.6 Å². The Balaban J connectivity index is 1.86. The quantitative estimate of drug-likeness (QED) is 0.876. The number of methoxy groups -OCH3 is 1. The first kappa shape index (κ1) is 19.4. The van der Waals surface area contributed by atoms with Gasteiger partial charge < -0.3 is 15.0 Å². The third-order valence-corrected chi connectivity index (χ3v) is 4.34. The molecule has 0 aromatic heterocycles. The summed E-state index contributed by atoms with van der Waals surface area (Å²) < 4.78 is 42.3. The molecule has 0 radical (unpaired) electrons. The van der Waals surface area contributed by atoms with Gasteiger partial charge in [0, 0.05) is 24.7 Å². The maximum absolute atomic E-state index is 12.4. The third-order valence-electron chi connectivity index (χ3n) is 4.10. The molecule has 2 amide bonds. The Morgan fingerprint density at radius 1 is 1.32 bits per heavy atom. The number of nitrogens with one attached hydrogen (secondary N) is 1. The number of rotatable bonds is 4. The number of carbonyl (C=O) groups is 2. The van der Waals surface area contributed by atoms with Crippen LogP contribution in [0.15, 0.2) is 18.2 Å². The van der Waals surface area contributed by atoms with Crippen molar-refractivity contribution in [1.29, 1.82) is 0 Å². The Labute approximate surface area is 148 Å². The van der Waals surface area contributed by atoms with Gasteiger partial charge in [0.1, 0.15) is 5.75 Å². The summed E-state index contributed by atoms with van der Waals surface area (Å²) in [5, 5.41) is 3.14. The summed E-state index contributed by atoms with van der Waals surface area (Å²) in [5.74, 6) is -1.79. The molecule has 0 spiro atoms. The van der Waals surface area contributed by atoms with Crippen LogP contribution in [0.1, 0.15) is 23.2 Å². The number of hydrogen-bond donors (Lipinski definition) is 1. The van der Waals surface area contributed by atoms with Crippen molar-refractivity contribution < 1.29 is 27.5 Å². The van der Waals surface area contributed by atoms with Crippen LogP contribution in [0, 0.1) is 5.92 Å². The molecule has 5 nitrogen and oxygen atoms in total. The van der Waals surface area contributed by atoms with Crippen LogP contribution in [0.25, 0.3) is 0 Å². The predicted molar refractivity (Wildman–Crippen MR) is 85.7 cm³/mol. The number of carbonyl (C=O) groups excluding carboxylic acids is 2.